The van der Waals surface area contributed by atoms with Gasteiger partial charge in [-0.15, -0.1) is 0 Å². The molecular formula is C15H21NO3S. The number of imide groups is 1. The summed E-state index contributed by atoms with van der Waals surface area (Å²) in [7, 11) is 0. The third-order valence-electron chi connectivity index (χ3n) is 5.18. The summed E-state index contributed by atoms with van der Waals surface area (Å²) in [6.45, 7) is 1.43. The minimum absolute atomic E-state index is 0.0490. The third-order valence-corrected chi connectivity index (χ3v) is 5.99. The molecule has 4 saturated carbocycles. The van der Waals surface area contributed by atoms with Crippen LogP contribution in [-0.2, 0) is 14.4 Å². The van der Waals surface area contributed by atoms with Gasteiger partial charge in [-0.1, -0.05) is 11.8 Å². The van der Waals surface area contributed by atoms with Crippen LogP contribution >= 0.6 is 11.8 Å². The minimum atomic E-state index is -0.328. The van der Waals surface area contributed by atoms with Crippen LogP contribution < -0.4 is 5.32 Å². The molecule has 4 bridgehead atoms. The normalized spacial score (nSPS) is 37.8. The highest BCUT2D eigenvalue weighted by atomic mass is 32.2. The van der Waals surface area contributed by atoms with Gasteiger partial charge in [0.25, 0.3) is 0 Å². The number of hydrogen-bond acceptors (Lipinski definition) is 4. The number of carbonyl (C=O) groups excluding carboxylic acids is 3. The summed E-state index contributed by atoms with van der Waals surface area (Å²) >= 11 is 0.955. The van der Waals surface area contributed by atoms with Gasteiger partial charge < -0.3 is 0 Å². The smallest absolute Gasteiger partial charge is 0.237 e. The summed E-state index contributed by atoms with van der Waals surface area (Å²) in [6, 6.07) is 0. The quantitative estimate of drug-likeness (QED) is 0.866. The molecule has 4 rings (SSSR count). The maximum absolute atomic E-state index is 12.5. The van der Waals surface area contributed by atoms with E-state index in [0.717, 1.165) is 31.0 Å². The van der Waals surface area contributed by atoms with E-state index in [1.807, 2.05) is 0 Å². The van der Waals surface area contributed by atoms with Gasteiger partial charge in [-0.3, -0.25) is 19.7 Å². The Balaban J connectivity index is 1.62. The fraction of sp³-hybridized carbons (Fsp3) is 0.800. The molecule has 1 N–H and O–H groups in total. The molecule has 5 heteroatoms. The molecular weight excluding hydrogens is 274 g/mol. The lowest BCUT2D eigenvalue weighted by Crippen LogP contribution is -2.54. The Hall–Kier alpha value is -0.840. The van der Waals surface area contributed by atoms with Crippen molar-refractivity contribution >= 4 is 28.7 Å². The fourth-order valence-corrected chi connectivity index (χ4v) is 5.26. The Morgan fingerprint density at radius 1 is 1.05 bits per heavy atom. The predicted octanol–water partition coefficient (Wildman–Crippen LogP) is 2.13. The zero-order valence-electron chi connectivity index (χ0n) is 11.8. The molecule has 0 aromatic rings. The highest BCUT2D eigenvalue weighted by Crippen LogP contribution is 2.60. The molecule has 0 heterocycles. The Labute approximate surface area is 123 Å². The average Bonchev–Trinajstić information content (AvgIpc) is 2.34. The maximum Gasteiger partial charge on any atom is 0.237 e. The molecule has 0 radical (unpaired) electrons. The maximum atomic E-state index is 12.5. The number of nitrogens with one attached hydrogen (secondary N) is 1. The van der Waals surface area contributed by atoms with Crippen LogP contribution in [0, 0.1) is 23.2 Å². The standard InChI is InChI=1S/C15H21NO3S/c1-9(17)20-8-13(18)16-14(19)15-5-10-2-11(6-15)4-12(3-10)7-15/h10-12H,2-8H2,1H3,(H,16,18,19). The van der Waals surface area contributed by atoms with Crippen LogP contribution in [0.25, 0.3) is 0 Å². The molecule has 20 heavy (non-hydrogen) atoms. The number of carbonyl (C=O) groups is 3. The molecule has 4 aliphatic carbocycles. The molecule has 0 unspecified atom stereocenters. The van der Waals surface area contributed by atoms with Gasteiger partial charge in [0.1, 0.15) is 0 Å². The van der Waals surface area contributed by atoms with Gasteiger partial charge in [-0.2, -0.15) is 0 Å². The number of rotatable bonds is 3. The van der Waals surface area contributed by atoms with Crippen LogP contribution in [0.3, 0.4) is 0 Å². The molecule has 4 nitrogen and oxygen atoms in total. The molecule has 0 saturated heterocycles. The predicted molar refractivity (Wildman–Crippen MR) is 76.9 cm³/mol. The largest absolute Gasteiger partial charge is 0.295 e. The summed E-state index contributed by atoms with van der Waals surface area (Å²) < 4.78 is 0. The second-order valence-corrected chi connectivity index (χ2v) is 8.01. The van der Waals surface area contributed by atoms with E-state index in [4.69, 9.17) is 0 Å². The zero-order valence-corrected chi connectivity index (χ0v) is 12.6. The van der Waals surface area contributed by atoms with Crippen LogP contribution in [0.5, 0.6) is 0 Å². The van der Waals surface area contributed by atoms with Gasteiger partial charge in [0.15, 0.2) is 5.12 Å². The highest BCUT2D eigenvalue weighted by molar-refractivity contribution is 8.14. The van der Waals surface area contributed by atoms with Gasteiger partial charge in [0.2, 0.25) is 11.8 Å². The molecule has 110 valence electrons. The first-order valence-electron chi connectivity index (χ1n) is 7.44. The SMILES string of the molecule is CC(=O)SCC(=O)NC(=O)C12CC3CC(CC(C3)C1)C2. The molecule has 0 spiro atoms. The van der Waals surface area contributed by atoms with Gasteiger partial charge in [-0.25, -0.2) is 0 Å². The van der Waals surface area contributed by atoms with Crippen molar-refractivity contribution in [1.82, 2.24) is 5.32 Å². The van der Waals surface area contributed by atoms with Crippen LogP contribution in [0.15, 0.2) is 0 Å². The van der Waals surface area contributed by atoms with Crippen molar-refractivity contribution in [2.45, 2.75) is 45.4 Å². The third kappa shape index (κ3) is 2.65. The second-order valence-electron chi connectivity index (χ2n) is 6.86. The minimum Gasteiger partial charge on any atom is -0.295 e. The molecule has 0 atom stereocenters. The lowest BCUT2D eigenvalue weighted by molar-refractivity contribution is -0.148. The lowest BCUT2D eigenvalue weighted by atomic mass is 9.49. The molecule has 0 aliphatic heterocycles. The molecule has 4 aliphatic rings. The molecule has 4 fully saturated rings. The Kier molecular flexibility index (Phi) is 3.65. The number of thioether (sulfide) groups is 1. The average molecular weight is 295 g/mol. The van der Waals surface area contributed by atoms with Crippen molar-refractivity contribution in [1.29, 1.82) is 0 Å². The topological polar surface area (TPSA) is 63.2 Å². The van der Waals surface area contributed by atoms with E-state index in [-0.39, 0.29) is 28.1 Å². The lowest BCUT2D eigenvalue weighted by Gasteiger charge is -2.55. The van der Waals surface area contributed by atoms with E-state index < -0.39 is 0 Å². The molecule has 0 aromatic heterocycles. The van der Waals surface area contributed by atoms with Crippen molar-refractivity contribution in [2.75, 3.05) is 5.75 Å². The van der Waals surface area contributed by atoms with Crippen molar-refractivity contribution in [2.24, 2.45) is 23.2 Å². The van der Waals surface area contributed by atoms with E-state index in [2.05, 4.69) is 5.32 Å². The van der Waals surface area contributed by atoms with Gasteiger partial charge in [0, 0.05) is 6.92 Å². The van der Waals surface area contributed by atoms with Crippen molar-refractivity contribution < 1.29 is 14.4 Å². The first-order chi connectivity index (χ1) is 9.47. The number of hydrogen-bond donors (Lipinski definition) is 1. The summed E-state index contributed by atoms with van der Waals surface area (Å²) in [5.41, 5.74) is -0.286. The summed E-state index contributed by atoms with van der Waals surface area (Å²) in [4.78, 5) is 35.1. The Morgan fingerprint density at radius 2 is 1.55 bits per heavy atom. The van der Waals surface area contributed by atoms with E-state index in [1.165, 1.54) is 26.2 Å². The summed E-state index contributed by atoms with van der Waals surface area (Å²) in [5.74, 6) is 1.71. The van der Waals surface area contributed by atoms with E-state index in [9.17, 15) is 14.4 Å². The van der Waals surface area contributed by atoms with Crippen LogP contribution in [0.2, 0.25) is 0 Å². The van der Waals surface area contributed by atoms with Crippen LogP contribution in [-0.4, -0.2) is 22.7 Å². The Morgan fingerprint density at radius 3 is 2.00 bits per heavy atom. The summed E-state index contributed by atoms with van der Waals surface area (Å²) in [5, 5.41) is 2.45. The van der Waals surface area contributed by atoms with Crippen LogP contribution in [0.1, 0.15) is 45.4 Å². The fourth-order valence-electron chi connectivity index (χ4n) is 4.85. The van der Waals surface area contributed by atoms with Gasteiger partial charge in [-0.05, 0) is 56.3 Å². The zero-order chi connectivity index (χ0) is 14.3. The summed E-state index contributed by atoms with van der Waals surface area (Å²) in [6.07, 6.45) is 6.70. The first kappa shape index (κ1) is 14.1. The monoisotopic (exact) mass is 295 g/mol. The van der Waals surface area contributed by atoms with Gasteiger partial charge >= 0.3 is 0 Å². The van der Waals surface area contributed by atoms with E-state index in [0.29, 0.717) is 17.8 Å². The van der Waals surface area contributed by atoms with Gasteiger partial charge in [0.05, 0.1) is 11.2 Å². The first-order valence-corrected chi connectivity index (χ1v) is 8.43. The Bertz CT molecular complexity index is 425. The molecule has 0 aromatic carbocycles. The highest BCUT2D eigenvalue weighted by Gasteiger charge is 2.54. The van der Waals surface area contributed by atoms with Crippen molar-refractivity contribution in [3.05, 3.63) is 0 Å². The molecule has 2 amide bonds. The van der Waals surface area contributed by atoms with E-state index >= 15 is 0 Å². The van der Waals surface area contributed by atoms with Crippen LogP contribution in [0.4, 0.5) is 0 Å². The van der Waals surface area contributed by atoms with E-state index in [1.54, 1.807) is 0 Å². The number of amides is 2. The van der Waals surface area contributed by atoms with Crippen molar-refractivity contribution in [3.8, 4) is 0 Å². The van der Waals surface area contributed by atoms with Crippen molar-refractivity contribution in [3.63, 3.8) is 0 Å². The second kappa shape index (κ2) is 5.17.